The van der Waals surface area contributed by atoms with E-state index in [1.165, 1.54) is 24.5 Å². The van der Waals surface area contributed by atoms with E-state index < -0.39 is 0 Å². The number of hydrogen-bond acceptors (Lipinski definition) is 3. The van der Waals surface area contributed by atoms with Gasteiger partial charge in [-0.05, 0) is 18.2 Å². The van der Waals surface area contributed by atoms with Gasteiger partial charge in [0.2, 0.25) is 0 Å². The van der Waals surface area contributed by atoms with Gasteiger partial charge in [-0.25, -0.2) is 0 Å². The number of hydrogen-bond donors (Lipinski definition) is 0. The van der Waals surface area contributed by atoms with E-state index in [-0.39, 0.29) is 5.91 Å². The molecule has 0 spiro atoms. The number of rotatable bonds is 4. The fourth-order valence-corrected chi connectivity index (χ4v) is 2.17. The van der Waals surface area contributed by atoms with Gasteiger partial charge in [-0.1, -0.05) is 11.6 Å². The van der Waals surface area contributed by atoms with E-state index in [9.17, 15) is 10.0 Å². The zero-order chi connectivity index (χ0) is 15.4. The first kappa shape index (κ1) is 15.1. The van der Waals surface area contributed by atoms with Gasteiger partial charge in [0.1, 0.15) is 5.75 Å². The highest BCUT2D eigenvalue weighted by Gasteiger charge is 2.15. The van der Waals surface area contributed by atoms with Crippen molar-refractivity contribution in [3.63, 3.8) is 0 Å². The first-order chi connectivity index (χ1) is 10.0. The lowest BCUT2D eigenvalue weighted by molar-refractivity contribution is -0.605. The van der Waals surface area contributed by atoms with Crippen molar-refractivity contribution in [2.75, 3.05) is 14.2 Å². The molecule has 0 aliphatic rings. The lowest BCUT2D eigenvalue weighted by atomic mass is 10.1. The topological polar surface area (TPSA) is 56.5 Å². The molecule has 1 aromatic heterocycles. The summed E-state index contributed by atoms with van der Waals surface area (Å²) in [5.41, 5.74) is 1.27. The summed E-state index contributed by atoms with van der Waals surface area (Å²) in [6.45, 7) is 0.356. The maximum atomic E-state index is 12.3. The second kappa shape index (κ2) is 6.45. The summed E-state index contributed by atoms with van der Waals surface area (Å²) in [5, 5.41) is 11.6. The van der Waals surface area contributed by atoms with E-state index in [1.54, 1.807) is 37.3 Å². The van der Waals surface area contributed by atoms with Crippen molar-refractivity contribution in [3.8, 4) is 5.75 Å². The van der Waals surface area contributed by atoms with Crippen LogP contribution in [0.1, 0.15) is 15.9 Å². The summed E-state index contributed by atoms with van der Waals surface area (Å²) < 4.78 is 5.90. The molecule has 0 N–H and O–H groups in total. The van der Waals surface area contributed by atoms with Crippen molar-refractivity contribution in [1.82, 2.24) is 4.90 Å². The number of nitrogens with zero attached hydrogens (tertiary/aromatic N) is 2. The summed E-state index contributed by atoms with van der Waals surface area (Å²) in [6.07, 6.45) is 2.59. The van der Waals surface area contributed by atoms with Crippen molar-refractivity contribution in [2.45, 2.75) is 6.54 Å². The highest BCUT2D eigenvalue weighted by Crippen LogP contribution is 2.24. The van der Waals surface area contributed by atoms with Crippen LogP contribution < -0.4 is 9.47 Å². The molecule has 2 aromatic rings. The maximum Gasteiger partial charge on any atom is 0.254 e. The number of amides is 1. The molecule has 0 saturated heterocycles. The lowest BCUT2D eigenvalue weighted by Gasteiger charge is -2.19. The van der Waals surface area contributed by atoms with Crippen molar-refractivity contribution in [1.29, 1.82) is 0 Å². The van der Waals surface area contributed by atoms with Crippen LogP contribution in [0.2, 0.25) is 5.02 Å². The zero-order valence-corrected chi connectivity index (χ0v) is 12.5. The van der Waals surface area contributed by atoms with E-state index in [2.05, 4.69) is 0 Å². The molecule has 0 radical (unpaired) electrons. The summed E-state index contributed by atoms with van der Waals surface area (Å²) >= 11 is 5.97. The number of methoxy groups -OCH3 is 1. The van der Waals surface area contributed by atoms with Gasteiger partial charge in [-0.15, -0.1) is 0 Å². The molecule has 0 aliphatic heterocycles. The Hall–Kier alpha value is -2.27. The molecule has 0 unspecified atom stereocenters. The van der Waals surface area contributed by atoms with Crippen LogP contribution in [0.4, 0.5) is 0 Å². The molecule has 0 saturated carbocycles. The Morgan fingerprint density at radius 2 is 2.00 bits per heavy atom. The normalized spacial score (nSPS) is 10.2. The highest BCUT2D eigenvalue weighted by atomic mass is 35.5. The third kappa shape index (κ3) is 3.64. The lowest BCUT2D eigenvalue weighted by Crippen LogP contribution is -2.29. The van der Waals surface area contributed by atoms with Crippen LogP contribution in [-0.4, -0.2) is 25.0 Å². The van der Waals surface area contributed by atoms with Crippen LogP contribution in [0.5, 0.6) is 5.75 Å². The summed E-state index contributed by atoms with van der Waals surface area (Å²) in [6, 6.07) is 8.23. The third-order valence-corrected chi connectivity index (χ3v) is 3.28. The van der Waals surface area contributed by atoms with Gasteiger partial charge >= 0.3 is 0 Å². The summed E-state index contributed by atoms with van der Waals surface area (Å²) in [4.78, 5) is 13.8. The Morgan fingerprint density at radius 3 is 2.62 bits per heavy atom. The van der Waals surface area contributed by atoms with E-state index in [1.807, 2.05) is 0 Å². The van der Waals surface area contributed by atoms with Crippen LogP contribution >= 0.6 is 11.6 Å². The SMILES string of the molecule is COc1ccc(Cl)cc1CN(C)C(=O)c1cc[n+]([O-])cc1. The highest BCUT2D eigenvalue weighted by molar-refractivity contribution is 6.30. The van der Waals surface area contributed by atoms with Crippen LogP contribution in [0.3, 0.4) is 0 Å². The standard InChI is InChI=1S/C15H15ClN2O3/c1-17(15(19)11-5-7-18(20)8-6-11)10-12-9-13(16)3-4-14(12)21-2/h3-9H,10H2,1-2H3. The van der Waals surface area contributed by atoms with E-state index in [0.717, 1.165) is 5.56 Å². The third-order valence-electron chi connectivity index (χ3n) is 3.05. The Kier molecular flexibility index (Phi) is 4.65. The predicted molar refractivity (Wildman–Crippen MR) is 79.2 cm³/mol. The fourth-order valence-electron chi connectivity index (χ4n) is 1.97. The van der Waals surface area contributed by atoms with Crippen LogP contribution in [-0.2, 0) is 6.54 Å². The van der Waals surface area contributed by atoms with Crippen molar-refractivity contribution < 1.29 is 14.3 Å². The van der Waals surface area contributed by atoms with Crippen molar-refractivity contribution >= 4 is 17.5 Å². The molecule has 5 nitrogen and oxygen atoms in total. The molecule has 110 valence electrons. The number of pyridine rings is 1. The van der Waals surface area contributed by atoms with Crippen LogP contribution in [0.25, 0.3) is 0 Å². The smallest absolute Gasteiger partial charge is 0.254 e. The fraction of sp³-hybridized carbons (Fsp3) is 0.200. The molecule has 1 amide bonds. The Morgan fingerprint density at radius 1 is 1.33 bits per heavy atom. The number of halogens is 1. The van der Waals surface area contributed by atoms with Crippen molar-refractivity contribution in [3.05, 3.63) is 64.1 Å². The number of aromatic nitrogens is 1. The van der Waals surface area contributed by atoms with E-state index >= 15 is 0 Å². The number of carbonyl (C=O) groups excluding carboxylic acids is 1. The minimum atomic E-state index is -0.183. The molecule has 0 atom stereocenters. The van der Waals surface area contributed by atoms with Crippen LogP contribution in [0, 0.1) is 5.21 Å². The molecule has 0 fully saturated rings. The molecule has 6 heteroatoms. The monoisotopic (exact) mass is 306 g/mol. The zero-order valence-electron chi connectivity index (χ0n) is 11.7. The number of benzene rings is 1. The molecule has 21 heavy (non-hydrogen) atoms. The Bertz CT molecular complexity index is 644. The van der Waals surface area contributed by atoms with Gasteiger partial charge in [0.25, 0.3) is 5.91 Å². The van der Waals surface area contributed by atoms with Gasteiger partial charge in [0, 0.05) is 36.3 Å². The molecular weight excluding hydrogens is 292 g/mol. The molecule has 0 bridgehead atoms. The van der Waals surface area contributed by atoms with Crippen LogP contribution in [0.15, 0.2) is 42.7 Å². The van der Waals surface area contributed by atoms with Gasteiger partial charge < -0.3 is 14.8 Å². The average Bonchev–Trinajstić information content (AvgIpc) is 2.47. The minimum absolute atomic E-state index is 0.183. The van der Waals surface area contributed by atoms with Gasteiger partial charge in [-0.2, -0.15) is 4.73 Å². The minimum Gasteiger partial charge on any atom is -0.619 e. The molecule has 1 aromatic carbocycles. The molecule has 2 rings (SSSR count). The van der Waals surface area contributed by atoms with Gasteiger partial charge in [0.15, 0.2) is 12.4 Å². The quantitative estimate of drug-likeness (QED) is 0.643. The van der Waals surface area contributed by atoms with Crippen molar-refractivity contribution in [2.24, 2.45) is 0 Å². The molecule has 1 heterocycles. The Balaban J connectivity index is 2.17. The second-order valence-electron chi connectivity index (χ2n) is 4.56. The van der Waals surface area contributed by atoms with E-state index in [4.69, 9.17) is 16.3 Å². The molecule has 0 aliphatic carbocycles. The average molecular weight is 307 g/mol. The van der Waals surface area contributed by atoms with E-state index in [0.29, 0.717) is 27.6 Å². The van der Waals surface area contributed by atoms with Gasteiger partial charge in [0.05, 0.1) is 12.7 Å². The maximum absolute atomic E-state index is 12.3. The Labute approximate surface area is 127 Å². The largest absolute Gasteiger partial charge is 0.619 e. The van der Waals surface area contributed by atoms with Gasteiger partial charge in [-0.3, -0.25) is 4.79 Å². The molecular formula is C15H15ClN2O3. The summed E-state index contributed by atoms with van der Waals surface area (Å²) in [7, 11) is 3.25. The number of ether oxygens (including phenoxy) is 1. The summed E-state index contributed by atoms with van der Waals surface area (Å²) in [5.74, 6) is 0.488. The first-order valence-corrected chi connectivity index (χ1v) is 6.66. The predicted octanol–water partition coefficient (Wildman–Crippen LogP) is 2.25. The second-order valence-corrected chi connectivity index (χ2v) is 5.00. The first-order valence-electron chi connectivity index (χ1n) is 6.28. The number of carbonyl (C=O) groups is 1.